The lowest BCUT2D eigenvalue weighted by Gasteiger charge is -2.21. The van der Waals surface area contributed by atoms with Crippen LogP contribution in [0.5, 0.6) is 5.75 Å². The lowest BCUT2D eigenvalue weighted by Crippen LogP contribution is -2.38. The van der Waals surface area contributed by atoms with E-state index in [1.165, 1.54) is 5.56 Å². The summed E-state index contributed by atoms with van der Waals surface area (Å²) in [5, 5.41) is 7.44. The van der Waals surface area contributed by atoms with Crippen LogP contribution in [0, 0.1) is 13.8 Å². The fourth-order valence-electron chi connectivity index (χ4n) is 3.11. The summed E-state index contributed by atoms with van der Waals surface area (Å²) >= 11 is 0. The van der Waals surface area contributed by atoms with Crippen molar-refractivity contribution in [3.63, 3.8) is 0 Å². The molecule has 26 heavy (non-hydrogen) atoms. The van der Waals surface area contributed by atoms with Crippen molar-refractivity contribution in [1.29, 1.82) is 0 Å². The minimum atomic E-state index is -0.574. The van der Waals surface area contributed by atoms with Crippen LogP contribution in [0.15, 0.2) is 24.3 Å². The van der Waals surface area contributed by atoms with E-state index in [0.29, 0.717) is 5.75 Å². The minimum absolute atomic E-state index is 0.0936. The van der Waals surface area contributed by atoms with E-state index in [2.05, 4.69) is 31.2 Å². The molecule has 1 heterocycles. The highest BCUT2D eigenvalue weighted by Crippen LogP contribution is 2.25. The first-order valence-electron chi connectivity index (χ1n) is 9.08. The maximum Gasteiger partial charge on any atom is 0.261 e. The van der Waals surface area contributed by atoms with Gasteiger partial charge in [-0.25, -0.2) is 0 Å². The second-order valence-electron chi connectivity index (χ2n) is 7.97. The second-order valence-corrected chi connectivity index (χ2v) is 7.97. The third kappa shape index (κ3) is 4.45. The van der Waals surface area contributed by atoms with E-state index in [1.54, 1.807) is 6.92 Å². The molecule has 0 spiro atoms. The molecule has 0 saturated carbocycles. The lowest BCUT2D eigenvalue weighted by molar-refractivity contribution is -0.127. The molecule has 0 aliphatic heterocycles. The standard InChI is InChI=1S/C21H31N3O2/c1-13(19-14(2)23-24(8)15(19)3)22-20(25)16(4)26-18-11-9-17(10-12-18)21(5,6)7/h9-13,16H,1-8H3,(H,22,25). The summed E-state index contributed by atoms with van der Waals surface area (Å²) in [7, 11) is 1.91. The Morgan fingerprint density at radius 2 is 1.73 bits per heavy atom. The first kappa shape index (κ1) is 20.0. The normalized spacial score (nSPS) is 14.0. The average molecular weight is 357 g/mol. The van der Waals surface area contributed by atoms with Gasteiger partial charge < -0.3 is 10.1 Å². The van der Waals surface area contributed by atoms with E-state index in [0.717, 1.165) is 17.0 Å². The van der Waals surface area contributed by atoms with E-state index >= 15 is 0 Å². The maximum absolute atomic E-state index is 12.5. The molecule has 1 N–H and O–H groups in total. The first-order valence-corrected chi connectivity index (χ1v) is 9.08. The summed E-state index contributed by atoms with van der Waals surface area (Å²) in [5.74, 6) is 0.557. The number of amides is 1. The van der Waals surface area contributed by atoms with Crippen molar-refractivity contribution in [2.24, 2.45) is 7.05 Å². The summed E-state index contributed by atoms with van der Waals surface area (Å²) in [4.78, 5) is 12.5. The van der Waals surface area contributed by atoms with Crippen LogP contribution in [0.25, 0.3) is 0 Å². The molecule has 2 rings (SSSR count). The van der Waals surface area contributed by atoms with Crippen LogP contribution in [-0.2, 0) is 17.3 Å². The molecule has 2 atom stereocenters. The molecule has 1 aromatic carbocycles. The van der Waals surface area contributed by atoms with E-state index in [9.17, 15) is 4.79 Å². The number of carbonyl (C=O) groups excluding carboxylic acids is 1. The van der Waals surface area contributed by atoms with Crippen molar-refractivity contribution in [2.75, 3.05) is 0 Å². The fourth-order valence-corrected chi connectivity index (χ4v) is 3.11. The number of hydrogen-bond acceptors (Lipinski definition) is 3. The molecule has 1 amide bonds. The van der Waals surface area contributed by atoms with Crippen LogP contribution < -0.4 is 10.1 Å². The van der Waals surface area contributed by atoms with Gasteiger partial charge in [0, 0.05) is 18.3 Å². The summed E-state index contributed by atoms with van der Waals surface area (Å²) < 4.78 is 7.65. The highest BCUT2D eigenvalue weighted by molar-refractivity contribution is 5.81. The monoisotopic (exact) mass is 357 g/mol. The Morgan fingerprint density at radius 1 is 1.15 bits per heavy atom. The topological polar surface area (TPSA) is 56.2 Å². The fraction of sp³-hybridized carbons (Fsp3) is 0.524. The maximum atomic E-state index is 12.5. The van der Waals surface area contributed by atoms with Gasteiger partial charge in [-0.2, -0.15) is 5.10 Å². The minimum Gasteiger partial charge on any atom is -0.481 e. The smallest absolute Gasteiger partial charge is 0.261 e. The number of hydrogen-bond donors (Lipinski definition) is 1. The van der Waals surface area contributed by atoms with Crippen LogP contribution in [0.2, 0.25) is 0 Å². The van der Waals surface area contributed by atoms with Gasteiger partial charge in [-0.1, -0.05) is 32.9 Å². The number of rotatable bonds is 5. The van der Waals surface area contributed by atoms with E-state index in [1.807, 2.05) is 56.8 Å². The molecule has 2 aromatic rings. The summed E-state index contributed by atoms with van der Waals surface area (Å²) in [5.41, 5.74) is 4.38. The third-order valence-corrected chi connectivity index (χ3v) is 4.76. The number of ether oxygens (including phenoxy) is 1. The number of aryl methyl sites for hydroxylation is 2. The predicted molar refractivity (Wildman–Crippen MR) is 104 cm³/mol. The Kier molecular flexibility index (Phi) is 5.79. The number of aromatic nitrogens is 2. The van der Waals surface area contributed by atoms with Crippen molar-refractivity contribution >= 4 is 5.91 Å². The van der Waals surface area contributed by atoms with Crippen molar-refractivity contribution in [3.8, 4) is 5.75 Å². The molecule has 0 fully saturated rings. The van der Waals surface area contributed by atoms with Gasteiger partial charge in [0.2, 0.25) is 0 Å². The highest BCUT2D eigenvalue weighted by atomic mass is 16.5. The second kappa shape index (κ2) is 7.52. The Hall–Kier alpha value is -2.30. The largest absolute Gasteiger partial charge is 0.481 e. The van der Waals surface area contributed by atoms with Crippen molar-refractivity contribution in [1.82, 2.24) is 15.1 Å². The van der Waals surface area contributed by atoms with Crippen LogP contribution in [0.3, 0.4) is 0 Å². The Labute approximate surface area is 156 Å². The van der Waals surface area contributed by atoms with Gasteiger partial charge in [0.15, 0.2) is 6.10 Å². The van der Waals surface area contributed by atoms with Gasteiger partial charge in [-0.3, -0.25) is 9.48 Å². The molecule has 0 bridgehead atoms. The van der Waals surface area contributed by atoms with Gasteiger partial charge in [-0.05, 0) is 50.8 Å². The molecular weight excluding hydrogens is 326 g/mol. The summed E-state index contributed by atoms with van der Waals surface area (Å²) in [6.07, 6.45) is -0.574. The van der Waals surface area contributed by atoms with Gasteiger partial charge in [-0.15, -0.1) is 0 Å². The summed E-state index contributed by atoms with van der Waals surface area (Å²) in [6.45, 7) is 14.2. The van der Waals surface area contributed by atoms with Crippen LogP contribution in [-0.4, -0.2) is 21.8 Å². The molecule has 142 valence electrons. The molecule has 0 aliphatic carbocycles. The van der Waals surface area contributed by atoms with Crippen LogP contribution in [0.1, 0.15) is 63.2 Å². The zero-order chi connectivity index (χ0) is 19.6. The number of nitrogens with zero attached hydrogens (tertiary/aromatic N) is 2. The molecule has 5 nitrogen and oxygen atoms in total. The summed E-state index contributed by atoms with van der Waals surface area (Å²) in [6, 6.07) is 7.81. The SMILES string of the molecule is Cc1nn(C)c(C)c1C(C)NC(=O)C(C)Oc1ccc(C(C)(C)C)cc1. The predicted octanol–water partition coefficient (Wildman–Crippen LogP) is 3.98. The number of carbonyl (C=O) groups is 1. The highest BCUT2D eigenvalue weighted by Gasteiger charge is 2.22. The van der Waals surface area contributed by atoms with Gasteiger partial charge in [0.25, 0.3) is 5.91 Å². The van der Waals surface area contributed by atoms with E-state index in [-0.39, 0.29) is 17.4 Å². The van der Waals surface area contributed by atoms with E-state index in [4.69, 9.17) is 4.74 Å². The van der Waals surface area contributed by atoms with Crippen molar-refractivity contribution in [3.05, 3.63) is 46.8 Å². The molecule has 0 saturated heterocycles. The Balaban J connectivity index is 2.01. The van der Waals surface area contributed by atoms with Crippen LogP contribution >= 0.6 is 0 Å². The molecule has 2 unspecified atom stereocenters. The Morgan fingerprint density at radius 3 is 2.19 bits per heavy atom. The quantitative estimate of drug-likeness (QED) is 0.880. The van der Waals surface area contributed by atoms with Gasteiger partial charge >= 0.3 is 0 Å². The van der Waals surface area contributed by atoms with E-state index < -0.39 is 6.10 Å². The van der Waals surface area contributed by atoms with Gasteiger partial charge in [0.1, 0.15) is 5.75 Å². The Bertz CT molecular complexity index is 770. The number of nitrogens with one attached hydrogen (secondary N) is 1. The molecule has 0 aliphatic rings. The molecular formula is C21H31N3O2. The molecule has 5 heteroatoms. The van der Waals surface area contributed by atoms with Crippen molar-refractivity contribution in [2.45, 2.75) is 66.0 Å². The molecule has 1 aromatic heterocycles. The first-order chi connectivity index (χ1) is 12.0. The van der Waals surface area contributed by atoms with Gasteiger partial charge in [0.05, 0.1) is 11.7 Å². The average Bonchev–Trinajstić information content (AvgIpc) is 2.79. The zero-order valence-electron chi connectivity index (χ0n) is 17.2. The third-order valence-electron chi connectivity index (χ3n) is 4.76. The number of benzene rings is 1. The van der Waals surface area contributed by atoms with Crippen molar-refractivity contribution < 1.29 is 9.53 Å². The molecule has 0 radical (unpaired) electrons. The zero-order valence-corrected chi connectivity index (χ0v) is 17.2. The lowest BCUT2D eigenvalue weighted by atomic mass is 9.87. The van der Waals surface area contributed by atoms with Crippen LogP contribution in [0.4, 0.5) is 0 Å².